The van der Waals surface area contributed by atoms with E-state index in [2.05, 4.69) is 0 Å². The second-order valence-electron chi connectivity index (χ2n) is 6.84. The number of benzene rings is 2. The Morgan fingerprint density at radius 1 is 1.07 bits per heavy atom. The summed E-state index contributed by atoms with van der Waals surface area (Å²) in [6.45, 7) is 2.17. The number of nitrogens with zero attached hydrogens (tertiary/aromatic N) is 1. The Kier molecular flexibility index (Phi) is 6.52. The van der Waals surface area contributed by atoms with Crippen molar-refractivity contribution in [3.63, 3.8) is 0 Å². The van der Waals surface area contributed by atoms with Gasteiger partial charge in [0.1, 0.15) is 6.04 Å². The SMILES string of the molecule is COC(=O)C1Cc2ccccc2CN1C(=O)C(C)CSC(=O)c1ccccc1. The van der Waals surface area contributed by atoms with E-state index in [1.165, 1.54) is 7.11 Å². The van der Waals surface area contributed by atoms with Crippen LogP contribution in [0, 0.1) is 5.92 Å². The summed E-state index contributed by atoms with van der Waals surface area (Å²) in [6.07, 6.45) is 0.442. The molecule has 0 aromatic heterocycles. The highest BCUT2D eigenvalue weighted by molar-refractivity contribution is 8.14. The summed E-state index contributed by atoms with van der Waals surface area (Å²) >= 11 is 1.13. The number of carbonyl (C=O) groups is 3. The quantitative estimate of drug-likeness (QED) is 0.724. The number of hydrogen-bond acceptors (Lipinski definition) is 5. The molecule has 3 rings (SSSR count). The van der Waals surface area contributed by atoms with Gasteiger partial charge in [0.05, 0.1) is 7.11 Å². The molecule has 0 spiro atoms. The maximum absolute atomic E-state index is 13.1. The first-order valence-electron chi connectivity index (χ1n) is 9.18. The number of esters is 1. The molecule has 1 heterocycles. The molecule has 1 aliphatic heterocycles. The summed E-state index contributed by atoms with van der Waals surface area (Å²) in [5.41, 5.74) is 2.71. The Morgan fingerprint density at radius 3 is 2.39 bits per heavy atom. The average Bonchev–Trinajstić information content (AvgIpc) is 2.75. The van der Waals surface area contributed by atoms with Crippen LogP contribution >= 0.6 is 11.8 Å². The molecule has 5 nitrogen and oxygen atoms in total. The number of rotatable bonds is 5. The molecule has 1 aliphatic rings. The summed E-state index contributed by atoms with van der Waals surface area (Å²) in [7, 11) is 1.34. The predicted octanol–water partition coefficient (Wildman–Crippen LogP) is 3.32. The van der Waals surface area contributed by atoms with E-state index >= 15 is 0 Å². The lowest BCUT2D eigenvalue weighted by Crippen LogP contribution is -2.51. The van der Waals surface area contributed by atoms with E-state index < -0.39 is 17.9 Å². The van der Waals surface area contributed by atoms with Gasteiger partial charge in [-0.05, 0) is 11.1 Å². The molecule has 146 valence electrons. The van der Waals surface area contributed by atoms with Crippen LogP contribution in [0.5, 0.6) is 0 Å². The van der Waals surface area contributed by atoms with Gasteiger partial charge in [-0.3, -0.25) is 9.59 Å². The molecule has 0 fully saturated rings. The van der Waals surface area contributed by atoms with Crippen LogP contribution in [0.1, 0.15) is 28.4 Å². The second-order valence-corrected chi connectivity index (χ2v) is 7.84. The molecule has 2 atom stereocenters. The molecule has 28 heavy (non-hydrogen) atoms. The van der Waals surface area contributed by atoms with E-state index in [0.717, 1.165) is 22.9 Å². The van der Waals surface area contributed by atoms with Crippen molar-refractivity contribution in [1.82, 2.24) is 4.90 Å². The fourth-order valence-corrected chi connectivity index (χ4v) is 4.16. The highest BCUT2D eigenvalue weighted by Gasteiger charge is 2.37. The molecule has 0 radical (unpaired) electrons. The van der Waals surface area contributed by atoms with Crippen molar-refractivity contribution in [2.24, 2.45) is 5.92 Å². The lowest BCUT2D eigenvalue weighted by molar-refractivity contribution is -0.155. The van der Waals surface area contributed by atoms with Crippen LogP contribution in [0.4, 0.5) is 0 Å². The van der Waals surface area contributed by atoms with Gasteiger partial charge in [0.2, 0.25) is 11.0 Å². The van der Waals surface area contributed by atoms with Crippen molar-refractivity contribution in [3.8, 4) is 0 Å². The highest BCUT2D eigenvalue weighted by atomic mass is 32.2. The van der Waals surface area contributed by atoms with E-state index in [9.17, 15) is 14.4 Å². The number of hydrogen-bond donors (Lipinski definition) is 0. The van der Waals surface area contributed by atoms with Crippen molar-refractivity contribution in [2.45, 2.75) is 25.9 Å². The van der Waals surface area contributed by atoms with Crippen LogP contribution in [-0.4, -0.2) is 40.8 Å². The van der Waals surface area contributed by atoms with Gasteiger partial charge in [-0.2, -0.15) is 0 Å². The molecule has 0 bridgehead atoms. The minimum atomic E-state index is -0.635. The minimum Gasteiger partial charge on any atom is -0.467 e. The standard InChI is InChI=1S/C22H23NO4S/c1-15(14-28-22(26)16-8-4-3-5-9-16)20(24)23-13-18-11-7-6-10-17(18)12-19(23)21(25)27-2/h3-11,15,19H,12-14H2,1-2H3. The maximum Gasteiger partial charge on any atom is 0.328 e. The number of fused-ring (bicyclic) bond motifs is 1. The van der Waals surface area contributed by atoms with E-state index in [4.69, 9.17) is 4.74 Å². The summed E-state index contributed by atoms with van der Waals surface area (Å²) < 4.78 is 4.93. The Hall–Kier alpha value is -2.60. The number of ether oxygens (including phenoxy) is 1. The monoisotopic (exact) mass is 397 g/mol. The van der Waals surface area contributed by atoms with Crippen LogP contribution in [0.2, 0.25) is 0 Å². The third kappa shape index (κ3) is 4.44. The first kappa shape index (κ1) is 20.1. The maximum atomic E-state index is 13.1. The average molecular weight is 397 g/mol. The topological polar surface area (TPSA) is 63.7 Å². The Bertz CT molecular complexity index is 868. The lowest BCUT2D eigenvalue weighted by Gasteiger charge is -2.36. The molecule has 6 heteroatoms. The van der Waals surface area contributed by atoms with Crippen molar-refractivity contribution >= 4 is 28.8 Å². The van der Waals surface area contributed by atoms with E-state index in [0.29, 0.717) is 24.3 Å². The van der Waals surface area contributed by atoms with Crippen LogP contribution in [-0.2, 0) is 27.3 Å². The Morgan fingerprint density at radius 2 is 1.71 bits per heavy atom. The normalized spacial score (nSPS) is 16.8. The number of carbonyl (C=O) groups excluding carboxylic acids is 3. The third-order valence-corrected chi connectivity index (χ3v) is 6.06. The minimum absolute atomic E-state index is 0.0613. The molecular weight excluding hydrogens is 374 g/mol. The van der Waals surface area contributed by atoms with Gasteiger partial charge in [-0.25, -0.2) is 4.79 Å². The van der Waals surface area contributed by atoms with Gasteiger partial charge in [0.25, 0.3) is 0 Å². The molecule has 0 saturated carbocycles. The number of thioether (sulfide) groups is 1. The predicted molar refractivity (Wildman–Crippen MR) is 109 cm³/mol. The second kappa shape index (κ2) is 9.06. The zero-order valence-corrected chi connectivity index (χ0v) is 16.8. The van der Waals surface area contributed by atoms with Crippen LogP contribution in [0.15, 0.2) is 54.6 Å². The molecule has 2 unspecified atom stereocenters. The van der Waals surface area contributed by atoms with Gasteiger partial charge in [0, 0.05) is 30.2 Å². The molecular formula is C22H23NO4S. The van der Waals surface area contributed by atoms with Gasteiger partial charge in [-0.1, -0.05) is 73.3 Å². The zero-order chi connectivity index (χ0) is 20.1. The van der Waals surface area contributed by atoms with Gasteiger partial charge in [-0.15, -0.1) is 0 Å². The number of amides is 1. The first-order valence-corrected chi connectivity index (χ1v) is 10.2. The first-order chi connectivity index (χ1) is 13.5. The molecule has 0 aliphatic carbocycles. The van der Waals surface area contributed by atoms with Crippen LogP contribution < -0.4 is 0 Å². The largest absolute Gasteiger partial charge is 0.467 e. The van der Waals surface area contributed by atoms with Gasteiger partial charge in [0.15, 0.2) is 0 Å². The molecule has 2 aromatic rings. The summed E-state index contributed by atoms with van der Waals surface area (Å²) in [5.74, 6) is -0.588. The molecule has 2 aromatic carbocycles. The van der Waals surface area contributed by atoms with E-state index in [-0.39, 0.29) is 11.0 Å². The Balaban J connectivity index is 1.70. The number of methoxy groups -OCH3 is 1. The zero-order valence-electron chi connectivity index (χ0n) is 16.0. The van der Waals surface area contributed by atoms with Crippen molar-refractivity contribution in [3.05, 3.63) is 71.3 Å². The van der Waals surface area contributed by atoms with Crippen LogP contribution in [0.3, 0.4) is 0 Å². The van der Waals surface area contributed by atoms with E-state index in [1.807, 2.05) is 42.5 Å². The molecule has 0 N–H and O–H groups in total. The third-order valence-electron chi connectivity index (χ3n) is 4.90. The fraction of sp³-hybridized carbons (Fsp3) is 0.318. The van der Waals surface area contributed by atoms with Crippen LogP contribution in [0.25, 0.3) is 0 Å². The highest BCUT2D eigenvalue weighted by Crippen LogP contribution is 2.26. The summed E-state index contributed by atoms with van der Waals surface area (Å²) in [4.78, 5) is 39.3. The smallest absolute Gasteiger partial charge is 0.328 e. The van der Waals surface area contributed by atoms with Crippen molar-refractivity contribution in [1.29, 1.82) is 0 Å². The molecule has 1 amide bonds. The lowest BCUT2D eigenvalue weighted by atomic mass is 9.93. The molecule has 0 saturated heterocycles. The van der Waals surface area contributed by atoms with Crippen molar-refractivity contribution < 1.29 is 19.1 Å². The van der Waals surface area contributed by atoms with Crippen molar-refractivity contribution in [2.75, 3.05) is 12.9 Å². The summed E-state index contributed by atoms with van der Waals surface area (Å²) in [5, 5.41) is -0.0613. The Labute approximate surface area is 169 Å². The van der Waals surface area contributed by atoms with Gasteiger partial charge < -0.3 is 9.64 Å². The summed E-state index contributed by atoms with van der Waals surface area (Å²) in [6, 6.07) is 16.2. The fourth-order valence-electron chi connectivity index (χ4n) is 3.31. The van der Waals surface area contributed by atoms with Gasteiger partial charge >= 0.3 is 5.97 Å². The van der Waals surface area contributed by atoms with E-state index in [1.54, 1.807) is 24.0 Å².